The highest BCUT2D eigenvalue weighted by molar-refractivity contribution is 5.80. The molecule has 0 bridgehead atoms. The van der Waals surface area contributed by atoms with Crippen molar-refractivity contribution in [2.75, 3.05) is 12.5 Å². The molecule has 108 valence electrons. The molecule has 0 saturated carbocycles. The third-order valence-corrected chi connectivity index (χ3v) is 3.65. The molecule has 0 unspecified atom stereocenters. The summed E-state index contributed by atoms with van der Waals surface area (Å²) in [5, 5.41) is 4.49. The summed E-state index contributed by atoms with van der Waals surface area (Å²) in [5.74, 6) is 1.90. The third kappa shape index (κ3) is 1.60. The summed E-state index contributed by atoms with van der Waals surface area (Å²) < 4.78 is 14.6. The van der Waals surface area contributed by atoms with Gasteiger partial charge in [0, 0.05) is 12.6 Å². The Morgan fingerprint density at radius 1 is 1.29 bits per heavy atom. The highest BCUT2D eigenvalue weighted by Crippen LogP contribution is 2.35. The lowest BCUT2D eigenvalue weighted by Crippen LogP contribution is -2.06. The molecule has 4 rings (SSSR count). The Labute approximate surface area is 120 Å². The maximum absolute atomic E-state index is 6.11. The molecule has 1 aliphatic rings. The van der Waals surface area contributed by atoms with Gasteiger partial charge in [0.1, 0.15) is 5.52 Å². The topological polar surface area (TPSA) is 80.1 Å². The van der Waals surface area contributed by atoms with Crippen LogP contribution in [-0.4, -0.2) is 26.1 Å². The fraction of sp³-hybridized carbons (Fsp3) is 0.286. The lowest BCUT2D eigenvalue weighted by Gasteiger charge is -2.08. The molecule has 0 saturated heterocycles. The van der Waals surface area contributed by atoms with Crippen LogP contribution < -0.4 is 15.2 Å². The molecule has 7 nitrogen and oxygen atoms in total. The number of ether oxygens (including phenoxy) is 2. The first-order valence-corrected chi connectivity index (χ1v) is 6.80. The Bertz CT molecular complexity index is 849. The fourth-order valence-corrected chi connectivity index (χ4v) is 2.68. The van der Waals surface area contributed by atoms with Crippen molar-refractivity contribution in [1.29, 1.82) is 0 Å². The number of anilines is 1. The van der Waals surface area contributed by atoms with Gasteiger partial charge >= 0.3 is 0 Å². The second-order valence-corrected chi connectivity index (χ2v) is 4.92. The minimum Gasteiger partial charge on any atom is -0.454 e. The Kier molecular flexibility index (Phi) is 2.38. The number of aryl methyl sites for hydroxylation is 2. The predicted molar refractivity (Wildman–Crippen MR) is 77.8 cm³/mol. The summed E-state index contributed by atoms with van der Waals surface area (Å²) in [5.41, 5.74) is 9.58. The van der Waals surface area contributed by atoms with Crippen molar-refractivity contribution in [2.24, 2.45) is 0 Å². The molecule has 0 spiro atoms. The number of nitrogen functional groups attached to an aromatic ring is 1. The van der Waals surface area contributed by atoms with E-state index in [-0.39, 0.29) is 6.79 Å². The van der Waals surface area contributed by atoms with E-state index in [4.69, 9.17) is 15.2 Å². The first-order chi connectivity index (χ1) is 10.2. The van der Waals surface area contributed by atoms with Crippen molar-refractivity contribution in [3.63, 3.8) is 0 Å². The molecule has 1 aliphatic heterocycles. The van der Waals surface area contributed by atoms with Crippen LogP contribution in [0, 0.1) is 6.92 Å². The summed E-state index contributed by atoms with van der Waals surface area (Å²) in [6, 6.07) is 5.72. The van der Waals surface area contributed by atoms with Gasteiger partial charge in [-0.2, -0.15) is 5.10 Å². The zero-order chi connectivity index (χ0) is 14.6. The van der Waals surface area contributed by atoms with Crippen LogP contribution in [0.1, 0.15) is 12.6 Å². The second kappa shape index (κ2) is 4.15. The van der Waals surface area contributed by atoms with Crippen molar-refractivity contribution in [1.82, 2.24) is 19.3 Å². The molecule has 7 heteroatoms. The number of nitrogens with zero attached hydrogens (tertiary/aromatic N) is 4. The van der Waals surface area contributed by atoms with Gasteiger partial charge in [-0.3, -0.25) is 4.57 Å². The molecule has 0 amide bonds. The number of aromatic nitrogens is 4. The minimum atomic E-state index is 0.250. The lowest BCUT2D eigenvalue weighted by molar-refractivity contribution is 0.174. The van der Waals surface area contributed by atoms with Gasteiger partial charge in [0.15, 0.2) is 17.1 Å². The van der Waals surface area contributed by atoms with Gasteiger partial charge in [-0.1, -0.05) is 0 Å². The highest BCUT2D eigenvalue weighted by atomic mass is 16.7. The first kappa shape index (κ1) is 12.1. The summed E-state index contributed by atoms with van der Waals surface area (Å²) in [6.07, 6.45) is 0. The molecule has 2 N–H and O–H groups in total. The minimum absolute atomic E-state index is 0.250. The maximum atomic E-state index is 6.11. The number of benzene rings is 1. The Balaban J connectivity index is 1.99. The lowest BCUT2D eigenvalue weighted by atomic mass is 10.2. The smallest absolute Gasteiger partial charge is 0.231 e. The largest absolute Gasteiger partial charge is 0.454 e. The van der Waals surface area contributed by atoms with Gasteiger partial charge < -0.3 is 15.2 Å². The van der Waals surface area contributed by atoms with E-state index in [2.05, 4.69) is 10.1 Å². The van der Waals surface area contributed by atoms with Crippen molar-refractivity contribution >= 4 is 17.1 Å². The molecule has 3 aromatic rings. The van der Waals surface area contributed by atoms with Gasteiger partial charge in [0.05, 0.1) is 11.4 Å². The summed E-state index contributed by atoms with van der Waals surface area (Å²) in [7, 11) is 0. The number of hydrogen-bond acceptors (Lipinski definition) is 5. The number of hydrogen-bond donors (Lipinski definition) is 1. The molecule has 0 aliphatic carbocycles. The third-order valence-electron chi connectivity index (χ3n) is 3.65. The van der Waals surface area contributed by atoms with Gasteiger partial charge in [0.2, 0.25) is 12.7 Å². The van der Waals surface area contributed by atoms with E-state index >= 15 is 0 Å². The Morgan fingerprint density at radius 2 is 2.10 bits per heavy atom. The average molecular weight is 285 g/mol. The van der Waals surface area contributed by atoms with E-state index < -0.39 is 0 Å². The van der Waals surface area contributed by atoms with Crippen molar-refractivity contribution in [2.45, 2.75) is 20.4 Å². The molecule has 21 heavy (non-hydrogen) atoms. The highest BCUT2D eigenvalue weighted by Gasteiger charge is 2.20. The van der Waals surface area contributed by atoms with Crippen LogP contribution in [0.4, 0.5) is 5.95 Å². The van der Waals surface area contributed by atoms with Crippen molar-refractivity contribution < 1.29 is 9.47 Å². The number of rotatable bonds is 2. The van der Waals surface area contributed by atoms with Crippen molar-refractivity contribution in [3.8, 4) is 17.2 Å². The van der Waals surface area contributed by atoms with E-state index in [1.54, 1.807) is 0 Å². The SMILES string of the molecule is CCn1nc(C)c2nc(N)n(-c3ccc4c(c3)OCO4)c21. The predicted octanol–water partition coefficient (Wildman–Crippen LogP) is 1.86. The zero-order valence-corrected chi connectivity index (χ0v) is 11.8. The van der Waals surface area contributed by atoms with Gasteiger partial charge in [-0.15, -0.1) is 0 Å². The molecule has 2 aromatic heterocycles. The van der Waals surface area contributed by atoms with Crippen molar-refractivity contribution in [3.05, 3.63) is 23.9 Å². The fourth-order valence-electron chi connectivity index (χ4n) is 2.68. The maximum Gasteiger partial charge on any atom is 0.231 e. The summed E-state index contributed by atoms with van der Waals surface area (Å²) in [6.45, 7) is 4.98. The van der Waals surface area contributed by atoms with E-state index in [9.17, 15) is 0 Å². The molecule has 1 aromatic carbocycles. The average Bonchev–Trinajstić information content (AvgIpc) is 3.14. The van der Waals surface area contributed by atoms with E-state index in [1.807, 2.05) is 41.3 Å². The molecular formula is C14H15N5O2. The molecular weight excluding hydrogens is 270 g/mol. The van der Waals surface area contributed by atoms with Gasteiger partial charge in [0.25, 0.3) is 0 Å². The monoisotopic (exact) mass is 285 g/mol. The molecule has 0 fully saturated rings. The number of imidazole rings is 1. The van der Waals surface area contributed by atoms with Gasteiger partial charge in [-0.05, 0) is 26.0 Å². The van der Waals surface area contributed by atoms with Crippen LogP contribution in [0.3, 0.4) is 0 Å². The van der Waals surface area contributed by atoms with Crippen LogP contribution in [0.2, 0.25) is 0 Å². The summed E-state index contributed by atoms with van der Waals surface area (Å²) in [4.78, 5) is 4.44. The van der Waals surface area contributed by atoms with Crippen LogP contribution in [0.25, 0.3) is 16.9 Å². The van der Waals surface area contributed by atoms with E-state index in [1.165, 1.54) is 0 Å². The Morgan fingerprint density at radius 3 is 2.90 bits per heavy atom. The quantitative estimate of drug-likeness (QED) is 0.777. The van der Waals surface area contributed by atoms with Crippen LogP contribution in [0.5, 0.6) is 11.5 Å². The number of nitrogens with two attached hydrogens (primary N) is 1. The normalized spacial score (nSPS) is 13.2. The molecule has 0 atom stereocenters. The second-order valence-electron chi connectivity index (χ2n) is 4.92. The van der Waals surface area contributed by atoms with Crippen LogP contribution >= 0.6 is 0 Å². The van der Waals surface area contributed by atoms with E-state index in [0.717, 1.165) is 34.8 Å². The van der Waals surface area contributed by atoms with E-state index in [0.29, 0.717) is 11.7 Å². The molecule has 3 heterocycles. The standard InChI is InChI=1S/C14H15N5O2/c1-3-18-13-12(8(2)17-18)16-14(15)19(13)9-4-5-10-11(6-9)21-7-20-10/h4-6H,3,7H2,1-2H3,(H2,15,16). The first-order valence-electron chi connectivity index (χ1n) is 6.80. The zero-order valence-electron chi connectivity index (χ0n) is 11.8. The number of fused-ring (bicyclic) bond motifs is 2. The van der Waals surface area contributed by atoms with Gasteiger partial charge in [-0.25, -0.2) is 9.67 Å². The molecule has 0 radical (unpaired) electrons. The van der Waals surface area contributed by atoms with Crippen LogP contribution in [0.15, 0.2) is 18.2 Å². The summed E-state index contributed by atoms with van der Waals surface area (Å²) >= 11 is 0. The van der Waals surface area contributed by atoms with Crippen LogP contribution in [-0.2, 0) is 6.54 Å². The Hall–Kier alpha value is -2.70.